The van der Waals surface area contributed by atoms with E-state index in [9.17, 15) is 4.79 Å². The molecule has 6 nitrogen and oxygen atoms in total. The van der Waals surface area contributed by atoms with Crippen LogP contribution in [0.3, 0.4) is 0 Å². The zero-order valence-electron chi connectivity index (χ0n) is 16.3. The summed E-state index contributed by atoms with van der Waals surface area (Å²) in [5.41, 5.74) is 0.950. The van der Waals surface area contributed by atoms with E-state index in [1.54, 1.807) is 11.3 Å². The van der Waals surface area contributed by atoms with E-state index in [-0.39, 0.29) is 5.91 Å². The van der Waals surface area contributed by atoms with Crippen molar-refractivity contribution in [2.45, 2.75) is 25.3 Å². The maximum Gasteiger partial charge on any atom is 0.224 e. The van der Waals surface area contributed by atoms with E-state index < -0.39 is 0 Å². The zero-order valence-corrected chi connectivity index (χ0v) is 17.1. The van der Waals surface area contributed by atoms with Crippen LogP contribution < -0.4 is 4.90 Å². The molecule has 3 heterocycles. The third-order valence-electron chi connectivity index (χ3n) is 5.51. The molecule has 1 aromatic carbocycles. The SMILES string of the molecule is O=C(CCN(c1nc(-c2cccs2)nc2ccccc12)C1CC1)N1CCOCC1. The molecule has 1 aliphatic carbocycles. The van der Waals surface area contributed by atoms with Crippen molar-refractivity contribution in [2.75, 3.05) is 37.7 Å². The molecule has 3 aromatic rings. The second-order valence-corrected chi connectivity index (χ2v) is 8.48. The molecule has 0 N–H and O–H groups in total. The minimum Gasteiger partial charge on any atom is -0.378 e. The maximum atomic E-state index is 12.7. The molecule has 0 radical (unpaired) electrons. The zero-order chi connectivity index (χ0) is 19.6. The monoisotopic (exact) mass is 408 g/mol. The van der Waals surface area contributed by atoms with Crippen LogP contribution in [-0.4, -0.2) is 59.7 Å². The van der Waals surface area contributed by atoms with Crippen LogP contribution >= 0.6 is 11.3 Å². The molecule has 5 rings (SSSR count). The Bertz CT molecular complexity index is 997. The average molecular weight is 409 g/mol. The number of ether oxygens (including phenoxy) is 1. The second-order valence-electron chi connectivity index (χ2n) is 7.53. The topological polar surface area (TPSA) is 58.6 Å². The van der Waals surface area contributed by atoms with Crippen molar-refractivity contribution in [3.05, 3.63) is 41.8 Å². The van der Waals surface area contributed by atoms with Gasteiger partial charge in [0.1, 0.15) is 5.82 Å². The van der Waals surface area contributed by atoms with Gasteiger partial charge in [0.25, 0.3) is 0 Å². The molecule has 0 spiro atoms. The molecule has 150 valence electrons. The summed E-state index contributed by atoms with van der Waals surface area (Å²) < 4.78 is 5.37. The molecule has 0 unspecified atom stereocenters. The molecule has 2 aliphatic rings. The van der Waals surface area contributed by atoms with Gasteiger partial charge in [0.05, 0.1) is 23.6 Å². The summed E-state index contributed by atoms with van der Waals surface area (Å²) in [5, 5.41) is 3.10. The first kappa shape index (κ1) is 18.5. The van der Waals surface area contributed by atoms with Crippen LogP contribution in [0.25, 0.3) is 21.6 Å². The number of nitrogens with zero attached hydrogens (tertiary/aromatic N) is 4. The van der Waals surface area contributed by atoms with Crippen molar-refractivity contribution < 1.29 is 9.53 Å². The van der Waals surface area contributed by atoms with Gasteiger partial charge in [-0.1, -0.05) is 18.2 Å². The van der Waals surface area contributed by atoms with Gasteiger partial charge in [-0.05, 0) is 36.4 Å². The number of hydrogen-bond donors (Lipinski definition) is 0. The summed E-state index contributed by atoms with van der Waals surface area (Å²) >= 11 is 1.65. The highest BCUT2D eigenvalue weighted by atomic mass is 32.1. The van der Waals surface area contributed by atoms with Gasteiger partial charge in [0.2, 0.25) is 5.91 Å². The number of carbonyl (C=O) groups is 1. The van der Waals surface area contributed by atoms with Gasteiger partial charge >= 0.3 is 0 Å². The Labute approximate surface area is 174 Å². The Balaban J connectivity index is 1.45. The van der Waals surface area contributed by atoms with Crippen molar-refractivity contribution in [3.63, 3.8) is 0 Å². The number of morpholine rings is 1. The van der Waals surface area contributed by atoms with Crippen molar-refractivity contribution in [3.8, 4) is 10.7 Å². The summed E-state index contributed by atoms with van der Waals surface area (Å²) in [6, 6.07) is 12.7. The number of carbonyl (C=O) groups excluding carboxylic acids is 1. The van der Waals surface area contributed by atoms with Crippen molar-refractivity contribution in [1.29, 1.82) is 0 Å². The first-order valence-electron chi connectivity index (χ1n) is 10.2. The van der Waals surface area contributed by atoms with E-state index in [0.717, 1.165) is 40.3 Å². The fourth-order valence-corrected chi connectivity index (χ4v) is 4.49. The highest BCUT2D eigenvalue weighted by Gasteiger charge is 2.32. The van der Waals surface area contributed by atoms with E-state index in [4.69, 9.17) is 14.7 Å². The van der Waals surface area contributed by atoms with Gasteiger partial charge in [-0.3, -0.25) is 4.79 Å². The number of hydrogen-bond acceptors (Lipinski definition) is 6. The van der Waals surface area contributed by atoms with Crippen LogP contribution in [0.15, 0.2) is 41.8 Å². The number of amides is 1. The Morgan fingerprint density at radius 2 is 1.97 bits per heavy atom. The van der Waals surface area contributed by atoms with E-state index >= 15 is 0 Å². The standard InChI is InChI=1S/C22H24N4O2S/c27-20(25-11-13-28-14-12-25)9-10-26(16-7-8-16)22-17-4-1-2-5-18(17)23-21(24-22)19-6-3-15-29-19/h1-6,15-16H,7-14H2. The summed E-state index contributed by atoms with van der Waals surface area (Å²) in [5.74, 6) is 1.92. The van der Waals surface area contributed by atoms with E-state index in [2.05, 4.69) is 17.0 Å². The lowest BCUT2D eigenvalue weighted by molar-refractivity contribution is -0.135. The lowest BCUT2D eigenvalue weighted by Crippen LogP contribution is -2.42. The van der Waals surface area contributed by atoms with Gasteiger partial charge < -0.3 is 14.5 Å². The first-order valence-corrected chi connectivity index (χ1v) is 11.1. The number of fused-ring (bicyclic) bond motifs is 1. The minimum absolute atomic E-state index is 0.204. The number of aromatic nitrogens is 2. The molecule has 1 saturated carbocycles. The third kappa shape index (κ3) is 3.97. The third-order valence-corrected chi connectivity index (χ3v) is 6.38. The van der Waals surface area contributed by atoms with E-state index in [0.29, 0.717) is 45.3 Å². The summed E-state index contributed by atoms with van der Waals surface area (Å²) in [7, 11) is 0. The molecule has 7 heteroatoms. The largest absolute Gasteiger partial charge is 0.378 e. The Hall–Kier alpha value is -2.51. The van der Waals surface area contributed by atoms with Crippen LogP contribution in [0.4, 0.5) is 5.82 Å². The first-order chi connectivity index (χ1) is 14.3. The molecular formula is C22H24N4O2S. The number of para-hydroxylation sites is 1. The van der Waals surface area contributed by atoms with Crippen LogP contribution in [0, 0.1) is 0 Å². The maximum absolute atomic E-state index is 12.7. The van der Waals surface area contributed by atoms with Gasteiger partial charge in [-0.2, -0.15) is 0 Å². The lowest BCUT2D eigenvalue weighted by atomic mass is 10.2. The molecule has 1 amide bonds. The van der Waals surface area contributed by atoms with Crippen molar-refractivity contribution in [1.82, 2.24) is 14.9 Å². The fourth-order valence-electron chi connectivity index (χ4n) is 3.83. The Morgan fingerprint density at radius 3 is 2.72 bits per heavy atom. The van der Waals surface area contributed by atoms with Gasteiger partial charge in [0, 0.05) is 37.5 Å². The van der Waals surface area contributed by atoms with Crippen LogP contribution in [0.2, 0.25) is 0 Å². The quantitative estimate of drug-likeness (QED) is 0.624. The fraction of sp³-hybridized carbons (Fsp3) is 0.409. The van der Waals surface area contributed by atoms with Gasteiger partial charge in [0.15, 0.2) is 5.82 Å². The number of anilines is 1. The molecule has 1 saturated heterocycles. The van der Waals surface area contributed by atoms with E-state index in [1.807, 2.05) is 34.5 Å². The highest BCUT2D eigenvalue weighted by molar-refractivity contribution is 7.13. The molecule has 2 aromatic heterocycles. The Morgan fingerprint density at radius 1 is 1.14 bits per heavy atom. The predicted molar refractivity (Wildman–Crippen MR) is 115 cm³/mol. The van der Waals surface area contributed by atoms with Crippen LogP contribution in [0.5, 0.6) is 0 Å². The number of rotatable bonds is 6. The second kappa shape index (κ2) is 8.08. The van der Waals surface area contributed by atoms with Gasteiger partial charge in [-0.15, -0.1) is 11.3 Å². The number of benzene rings is 1. The minimum atomic E-state index is 0.204. The Kier molecular flexibility index (Phi) is 5.16. The molecular weight excluding hydrogens is 384 g/mol. The van der Waals surface area contributed by atoms with Gasteiger partial charge in [-0.25, -0.2) is 9.97 Å². The molecule has 1 aliphatic heterocycles. The predicted octanol–water partition coefficient (Wildman–Crippen LogP) is 3.58. The smallest absolute Gasteiger partial charge is 0.224 e. The number of thiophene rings is 1. The highest BCUT2D eigenvalue weighted by Crippen LogP contribution is 2.36. The molecule has 2 fully saturated rings. The van der Waals surface area contributed by atoms with E-state index in [1.165, 1.54) is 0 Å². The van der Waals surface area contributed by atoms with Crippen molar-refractivity contribution >= 4 is 34.0 Å². The molecule has 0 atom stereocenters. The summed E-state index contributed by atoms with van der Waals surface area (Å²) in [4.78, 5) is 27.8. The van der Waals surface area contributed by atoms with Crippen LogP contribution in [-0.2, 0) is 9.53 Å². The summed E-state index contributed by atoms with van der Waals surface area (Å²) in [6.07, 6.45) is 2.81. The molecule has 29 heavy (non-hydrogen) atoms. The lowest BCUT2D eigenvalue weighted by Gasteiger charge is -2.29. The normalized spacial score (nSPS) is 16.9. The molecule has 0 bridgehead atoms. The van der Waals surface area contributed by atoms with Crippen molar-refractivity contribution in [2.24, 2.45) is 0 Å². The summed E-state index contributed by atoms with van der Waals surface area (Å²) in [6.45, 7) is 3.35. The van der Waals surface area contributed by atoms with Crippen LogP contribution in [0.1, 0.15) is 19.3 Å². The average Bonchev–Trinajstić information content (AvgIpc) is 3.46.